The van der Waals surface area contributed by atoms with Crippen LogP contribution < -0.4 is 9.80 Å². The van der Waals surface area contributed by atoms with Crippen LogP contribution in [-0.2, 0) is 10.1 Å². The molecule has 6 heteroatoms. The number of rotatable bonds is 7. The lowest BCUT2D eigenvalue weighted by Crippen LogP contribution is -3.11. The number of likely N-dealkylation sites (N-methyl/N-ethyl adjacent to an activating group) is 1. The maximum atomic E-state index is 10.7. The van der Waals surface area contributed by atoms with Crippen LogP contribution in [0.25, 0.3) is 6.08 Å². The first-order valence-electron chi connectivity index (χ1n) is 8.02. The molecule has 1 aliphatic rings. The molecular weight excluding hydrogens is 324 g/mol. The molecule has 1 heterocycles. The van der Waals surface area contributed by atoms with E-state index in [2.05, 4.69) is 43.5 Å². The second-order valence-electron chi connectivity index (χ2n) is 5.83. The number of nitrogens with zero attached hydrogens (tertiary/aromatic N) is 1. The minimum absolute atomic E-state index is 0.190. The molecule has 1 aromatic carbocycles. The van der Waals surface area contributed by atoms with E-state index in [1.807, 2.05) is 24.3 Å². The molecule has 0 spiro atoms. The monoisotopic (exact) mass is 348 g/mol. The van der Waals surface area contributed by atoms with E-state index < -0.39 is 10.1 Å². The molecule has 2 rings (SSSR count). The highest BCUT2D eigenvalue weighted by Gasteiger charge is 2.13. The molecular formula is C18H24N2O3S. The Morgan fingerprint density at radius 2 is 1.96 bits per heavy atom. The van der Waals surface area contributed by atoms with Crippen molar-refractivity contribution >= 4 is 21.9 Å². The van der Waals surface area contributed by atoms with Crippen molar-refractivity contribution in [2.24, 2.45) is 0 Å². The minimum Gasteiger partial charge on any atom is -0.748 e. The van der Waals surface area contributed by atoms with Crippen molar-refractivity contribution in [1.29, 1.82) is 0 Å². The molecule has 24 heavy (non-hydrogen) atoms. The van der Waals surface area contributed by atoms with Crippen LogP contribution in [0.15, 0.2) is 54.8 Å². The predicted molar refractivity (Wildman–Crippen MR) is 96.9 cm³/mol. The van der Waals surface area contributed by atoms with Gasteiger partial charge in [-0.05, 0) is 42.8 Å². The highest BCUT2D eigenvalue weighted by molar-refractivity contribution is 7.85. The van der Waals surface area contributed by atoms with Crippen LogP contribution in [0.2, 0.25) is 0 Å². The minimum atomic E-state index is -4.18. The second-order valence-corrected chi connectivity index (χ2v) is 7.36. The van der Waals surface area contributed by atoms with Crippen molar-refractivity contribution in [3.05, 3.63) is 60.3 Å². The fourth-order valence-electron chi connectivity index (χ4n) is 2.57. The summed E-state index contributed by atoms with van der Waals surface area (Å²) in [6, 6.07) is 8.17. The van der Waals surface area contributed by atoms with E-state index >= 15 is 0 Å². The van der Waals surface area contributed by atoms with E-state index in [4.69, 9.17) is 0 Å². The van der Waals surface area contributed by atoms with Crippen LogP contribution in [0.1, 0.15) is 12.5 Å². The van der Waals surface area contributed by atoms with E-state index in [1.165, 1.54) is 4.90 Å². The first-order chi connectivity index (χ1) is 11.4. The molecule has 0 radical (unpaired) electrons. The lowest BCUT2D eigenvalue weighted by atomic mass is 10.1. The van der Waals surface area contributed by atoms with Gasteiger partial charge in [-0.15, -0.1) is 0 Å². The Morgan fingerprint density at radius 3 is 2.58 bits per heavy atom. The number of anilines is 1. The smallest absolute Gasteiger partial charge is 0.130 e. The Bertz CT molecular complexity index is 721. The molecule has 5 nitrogen and oxygen atoms in total. The highest BCUT2D eigenvalue weighted by atomic mass is 32.2. The normalized spacial score (nSPS) is 20.6. The molecule has 1 aliphatic heterocycles. The standard InChI is InChI=1S/C18H24N2O3S/c1-3-20-13-5-4-6-18(20)12-9-16-7-10-17(11-8-16)19(2)14-15-24(21,22)23/h4-13,18H,3,14-15H2,1-2H3,(H,21,22,23)/b12-9+. The van der Waals surface area contributed by atoms with Gasteiger partial charge in [0, 0.05) is 19.3 Å². The summed E-state index contributed by atoms with van der Waals surface area (Å²) in [5.74, 6) is -0.387. The highest BCUT2D eigenvalue weighted by Crippen LogP contribution is 2.15. The average molecular weight is 348 g/mol. The molecule has 0 amide bonds. The number of allylic oxidation sites excluding steroid dienone is 2. The third-order valence-electron chi connectivity index (χ3n) is 4.08. The molecule has 0 saturated carbocycles. The fraction of sp³-hybridized carbons (Fsp3) is 0.333. The van der Waals surface area contributed by atoms with Gasteiger partial charge in [0.2, 0.25) is 0 Å². The molecule has 2 unspecified atom stereocenters. The molecule has 1 N–H and O–H groups in total. The quantitative estimate of drug-likeness (QED) is 0.748. The summed E-state index contributed by atoms with van der Waals surface area (Å²) in [6.45, 7) is 3.38. The Labute approximate surface area is 144 Å². The Kier molecular flexibility index (Phi) is 6.36. The zero-order valence-corrected chi connectivity index (χ0v) is 14.9. The summed E-state index contributed by atoms with van der Waals surface area (Å²) in [5.41, 5.74) is 1.97. The Hall–Kier alpha value is -1.89. The summed E-state index contributed by atoms with van der Waals surface area (Å²) < 4.78 is 32.1. The van der Waals surface area contributed by atoms with Gasteiger partial charge < -0.3 is 9.45 Å². The number of hydrogen-bond donors (Lipinski definition) is 1. The number of nitrogens with one attached hydrogen (secondary N) is 1. The SMILES string of the molecule is CC[NH+]1C=CC=CC1/C=C/c1ccc(N(C)CCS(=O)(=O)[O-])cc1. The van der Waals surface area contributed by atoms with E-state index in [1.54, 1.807) is 11.9 Å². The fourth-order valence-corrected chi connectivity index (χ4v) is 3.07. The Balaban J connectivity index is 1.97. The van der Waals surface area contributed by atoms with Crippen molar-refractivity contribution < 1.29 is 17.9 Å². The third-order valence-corrected chi connectivity index (χ3v) is 4.77. The van der Waals surface area contributed by atoms with Crippen LogP contribution in [0, 0.1) is 0 Å². The van der Waals surface area contributed by atoms with Gasteiger partial charge in [0.15, 0.2) is 0 Å². The molecule has 0 aromatic heterocycles. The molecule has 0 fully saturated rings. The number of hydrogen-bond acceptors (Lipinski definition) is 4. The largest absolute Gasteiger partial charge is 0.748 e. The van der Waals surface area contributed by atoms with E-state index in [0.717, 1.165) is 17.8 Å². The summed E-state index contributed by atoms with van der Waals surface area (Å²) in [6.07, 6.45) is 12.8. The molecule has 0 saturated heterocycles. The lowest BCUT2D eigenvalue weighted by molar-refractivity contribution is -0.858. The van der Waals surface area contributed by atoms with Gasteiger partial charge in [-0.3, -0.25) is 4.90 Å². The van der Waals surface area contributed by atoms with Crippen LogP contribution >= 0.6 is 0 Å². The zero-order chi connectivity index (χ0) is 17.6. The van der Waals surface area contributed by atoms with Crippen molar-refractivity contribution in [1.82, 2.24) is 0 Å². The van der Waals surface area contributed by atoms with Gasteiger partial charge in [0.25, 0.3) is 0 Å². The van der Waals surface area contributed by atoms with E-state index in [0.29, 0.717) is 6.04 Å². The van der Waals surface area contributed by atoms with Gasteiger partial charge in [-0.2, -0.15) is 0 Å². The average Bonchev–Trinajstić information content (AvgIpc) is 2.58. The van der Waals surface area contributed by atoms with Gasteiger partial charge in [-0.25, -0.2) is 8.42 Å². The Morgan fingerprint density at radius 1 is 1.25 bits per heavy atom. The first-order valence-corrected chi connectivity index (χ1v) is 9.60. The predicted octanol–water partition coefficient (Wildman–Crippen LogP) is 1.04. The summed E-state index contributed by atoms with van der Waals surface area (Å²) in [7, 11) is -2.41. The van der Waals surface area contributed by atoms with Crippen molar-refractivity contribution in [3.8, 4) is 0 Å². The molecule has 2 atom stereocenters. The van der Waals surface area contributed by atoms with Gasteiger partial charge >= 0.3 is 0 Å². The molecule has 130 valence electrons. The van der Waals surface area contributed by atoms with E-state index in [9.17, 15) is 13.0 Å². The van der Waals surface area contributed by atoms with Crippen molar-refractivity contribution in [2.75, 3.05) is 30.8 Å². The molecule has 0 bridgehead atoms. The number of benzene rings is 1. The lowest BCUT2D eigenvalue weighted by Gasteiger charge is -2.21. The molecule has 1 aromatic rings. The van der Waals surface area contributed by atoms with Gasteiger partial charge in [0.05, 0.1) is 28.6 Å². The second kappa shape index (κ2) is 8.28. The first kappa shape index (κ1) is 18.4. The van der Waals surface area contributed by atoms with Crippen molar-refractivity contribution in [3.63, 3.8) is 0 Å². The van der Waals surface area contributed by atoms with Crippen molar-refractivity contribution in [2.45, 2.75) is 13.0 Å². The summed E-state index contributed by atoms with van der Waals surface area (Å²) in [4.78, 5) is 3.16. The van der Waals surface area contributed by atoms with Crippen LogP contribution in [0.4, 0.5) is 5.69 Å². The van der Waals surface area contributed by atoms with Crippen LogP contribution in [0.3, 0.4) is 0 Å². The number of quaternary nitrogens is 1. The zero-order valence-electron chi connectivity index (χ0n) is 14.1. The van der Waals surface area contributed by atoms with Crippen LogP contribution in [-0.4, -0.2) is 44.9 Å². The maximum Gasteiger partial charge on any atom is 0.130 e. The van der Waals surface area contributed by atoms with Crippen LogP contribution in [0.5, 0.6) is 0 Å². The third kappa shape index (κ3) is 5.63. The van der Waals surface area contributed by atoms with Gasteiger partial charge in [0.1, 0.15) is 6.04 Å². The van der Waals surface area contributed by atoms with E-state index in [-0.39, 0.29) is 12.3 Å². The maximum absolute atomic E-state index is 10.7. The summed E-state index contributed by atoms with van der Waals surface area (Å²) in [5, 5.41) is 0. The summed E-state index contributed by atoms with van der Waals surface area (Å²) >= 11 is 0. The van der Waals surface area contributed by atoms with Gasteiger partial charge in [-0.1, -0.05) is 24.3 Å². The topological polar surface area (TPSA) is 64.9 Å². The molecule has 0 aliphatic carbocycles.